The minimum absolute atomic E-state index is 0.0375. The molecule has 0 saturated carbocycles. The summed E-state index contributed by atoms with van der Waals surface area (Å²) in [6.45, 7) is 1.94. The summed E-state index contributed by atoms with van der Waals surface area (Å²) in [6.07, 6.45) is 2.16. The van der Waals surface area contributed by atoms with Crippen molar-refractivity contribution in [2.45, 2.75) is 12.8 Å². The van der Waals surface area contributed by atoms with Crippen LogP contribution in [0.4, 0.5) is 0 Å². The monoisotopic (exact) mass is 395 g/mol. The van der Waals surface area contributed by atoms with E-state index in [0.717, 1.165) is 6.41 Å². The van der Waals surface area contributed by atoms with Crippen LogP contribution >= 0.6 is 0 Å². The van der Waals surface area contributed by atoms with E-state index in [0.29, 0.717) is 49.2 Å². The summed E-state index contributed by atoms with van der Waals surface area (Å²) >= 11 is 0. The average molecular weight is 395 g/mol. The second-order valence-corrected chi connectivity index (χ2v) is 6.52. The molecule has 152 valence electrons. The second-order valence-electron chi connectivity index (χ2n) is 6.52. The Morgan fingerprint density at radius 1 is 1.21 bits per heavy atom. The van der Waals surface area contributed by atoms with Crippen molar-refractivity contribution in [3.63, 3.8) is 0 Å². The van der Waals surface area contributed by atoms with Crippen LogP contribution in [0.5, 0.6) is 0 Å². The molecule has 1 aromatic rings. The Kier molecular flexibility index (Phi) is 8.75. The van der Waals surface area contributed by atoms with E-state index < -0.39 is 5.97 Å². The number of piperidine rings is 1. The van der Waals surface area contributed by atoms with Crippen LogP contribution in [0.1, 0.15) is 34.3 Å². The van der Waals surface area contributed by atoms with E-state index >= 15 is 0 Å². The Morgan fingerprint density at radius 3 is 2.59 bits per heavy atom. The van der Waals surface area contributed by atoms with Crippen molar-refractivity contribution < 1.29 is 19.1 Å². The number of benzene rings is 1. The van der Waals surface area contributed by atoms with Gasteiger partial charge in [-0.15, -0.1) is 0 Å². The van der Waals surface area contributed by atoms with Gasteiger partial charge in [-0.1, -0.05) is 23.7 Å². The molecular weight excluding hydrogens is 370 g/mol. The number of amides is 2. The molecule has 0 atom stereocenters. The molecule has 1 aliphatic rings. The SMILES string of the molecule is CNCC#Cc1cc(C#CCNC(=O)C2CCN(C=O)CC2)ccc1C(=O)OC. The Bertz CT molecular complexity index is 866. The summed E-state index contributed by atoms with van der Waals surface area (Å²) in [6, 6.07) is 5.09. The minimum atomic E-state index is -0.453. The van der Waals surface area contributed by atoms with E-state index in [1.54, 1.807) is 30.1 Å². The minimum Gasteiger partial charge on any atom is -0.465 e. The molecule has 1 saturated heterocycles. The van der Waals surface area contributed by atoms with Crippen LogP contribution in [0, 0.1) is 29.6 Å². The van der Waals surface area contributed by atoms with Gasteiger partial charge in [0.1, 0.15) is 0 Å². The van der Waals surface area contributed by atoms with Crippen LogP contribution < -0.4 is 10.6 Å². The molecule has 1 fully saturated rings. The highest BCUT2D eigenvalue weighted by Gasteiger charge is 2.23. The number of likely N-dealkylation sites (tertiary alicyclic amines) is 1. The van der Waals surface area contributed by atoms with Crippen molar-refractivity contribution in [1.29, 1.82) is 0 Å². The number of carbonyl (C=O) groups excluding carboxylic acids is 3. The van der Waals surface area contributed by atoms with Crippen molar-refractivity contribution in [1.82, 2.24) is 15.5 Å². The van der Waals surface area contributed by atoms with Crippen molar-refractivity contribution >= 4 is 18.3 Å². The van der Waals surface area contributed by atoms with E-state index in [2.05, 4.69) is 34.3 Å². The predicted octanol–water partition coefficient (Wildman–Crippen LogP) is 0.380. The van der Waals surface area contributed by atoms with E-state index in [1.165, 1.54) is 7.11 Å². The zero-order chi connectivity index (χ0) is 21.1. The molecule has 0 aliphatic carbocycles. The van der Waals surface area contributed by atoms with Gasteiger partial charge in [-0.3, -0.25) is 9.59 Å². The quantitative estimate of drug-likeness (QED) is 0.428. The van der Waals surface area contributed by atoms with Gasteiger partial charge in [0.05, 0.1) is 25.8 Å². The molecule has 7 nitrogen and oxygen atoms in total. The molecule has 2 rings (SSSR count). The van der Waals surface area contributed by atoms with E-state index in [1.807, 2.05) is 0 Å². The number of methoxy groups -OCH3 is 1. The molecule has 0 aromatic heterocycles. The van der Waals surface area contributed by atoms with Gasteiger partial charge in [0.15, 0.2) is 0 Å². The topological polar surface area (TPSA) is 87.7 Å². The lowest BCUT2D eigenvalue weighted by Gasteiger charge is -2.28. The van der Waals surface area contributed by atoms with Crippen molar-refractivity contribution in [2.75, 3.05) is 40.3 Å². The number of esters is 1. The maximum Gasteiger partial charge on any atom is 0.339 e. The largest absolute Gasteiger partial charge is 0.465 e. The summed E-state index contributed by atoms with van der Waals surface area (Å²) in [5.41, 5.74) is 1.63. The number of hydrogen-bond donors (Lipinski definition) is 2. The third-order valence-electron chi connectivity index (χ3n) is 4.55. The number of nitrogens with one attached hydrogen (secondary N) is 2. The number of rotatable bonds is 5. The highest BCUT2D eigenvalue weighted by molar-refractivity contribution is 5.92. The number of ether oxygens (including phenoxy) is 1. The summed E-state index contributed by atoms with van der Waals surface area (Å²) in [7, 11) is 3.12. The lowest BCUT2D eigenvalue weighted by atomic mass is 9.96. The van der Waals surface area contributed by atoms with Gasteiger partial charge in [-0.05, 0) is 38.1 Å². The van der Waals surface area contributed by atoms with Gasteiger partial charge in [0.25, 0.3) is 0 Å². The molecule has 1 aliphatic heterocycles. The van der Waals surface area contributed by atoms with Crippen LogP contribution in [0.2, 0.25) is 0 Å². The predicted molar refractivity (Wildman–Crippen MR) is 109 cm³/mol. The van der Waals surface area contributed by atoms with Gasteiger partial charge < -0.3 is 20.3 Å². The van der Waals surface area contributed by atoms with Crippen LogP contribution in [0.25, 0.3) is 0 Å². The lowest BCUT2D eigenvalue weighted by Crippen LogP contribution is -2.40. The average Bonchev–Trinajstić information content (AvgIpc) is 2.76. The molecule has 7 heteroatoms. The highest BCUT2D eigenvalue weighted by atomic mass is 16.5. The second kappa shape index (κ2) is 11.5. The van der Waals surface area contributed by atoms with Crippen LogP contribution in [0.15, 0.2) is 18.2 Å². The van der Waals surface area contributed by atoms with Crippen molar-refractivity contribution in [3.05, 3.63) is 34.9 Å². The third kappa shape index (κ3) is 6.67. The standard InChI is InChI=1S/C22H25N3O4/c1-23-11-4-6-19-15-17(7-8-20(19)22(28)29-2)5-3-12-24-21(27)18-9-13-25(16-26)14-10-18/h7-8,15-16,18,23H,9-14H2,1-2H3,(H,24,27). The van der Waals surface area contributed by atoms with Gasteiger partial charge in [-0.25, -0.2) is 4.79 Å². The zero-order valence-corrected chi connectivity index (χ0v) is 16.7. The fourth-order valence-electron chi connectivity index (χ4n) is 2.93. The molecule has 1 heterocycles. The first-order chi connectivity index (χ1) is 14.1. The first kappa shape index (κ1) is 22.0. The van der Waals surface area contributed by atoms with Crippen LogP contribution in [-0.4, -0.2) is 63.5 Å². The zero-order valence-electron chi connectivity index (χ0n) is 16.7. The summed E-state index contributed by atoms with van der Waals surface area (Å²) < 4.78 is 4.79. The Hall–Kier alpha value is -3.29. The molecule has 0 radical (unpaired) electrons. The van der Waals surface area contributed by atoms with Gasteiger partial charge in [-0.2, -0.15) is 0 Å². The lowest BCUT2D eigenvalue weighted by molar-refractivity contribution is -0.128. The fourth-order valence-corrected chi connectivity index (χ4v) is 2.93. The van der Waals surface area contributed by atoms with Gasteiger partial charge >= 0.3 is 5.97 Å². The summed E-state index contributed by atoms with van der Waals surface area (Å²) in [4.78, 5) is 36.5. The first-order valence-electron chi connectivity index (χ1n) is 9.40. The molecule has 2 amide bonds. The molecule has 1 aromatic carbocycles. The Labute approximate surface area is 171 Å². The number of carbonyl (C=O) groups is 3. The van der Waals surface area contributed by atoms with E-state index in [9.17, 15) is 14.4 Å². The number of nitrogens with zero attached hydrogens (tertiary/aromatic N) is 1. The summed E-state index contributed by atoms with van der Waals surface area (Å²) in [5, 5.41) is 5.74. The van der Waals surface area contributed by atoms with Crippen molar-refractivity contribution in [3.8, 4) is 23.7 Å². The maximum absolute atomic E-state index is 12.2. The third-order valence-corrected chi connectivity index (χ3v) is 4.55. The highest BCUT2D eigenvalue weighted by Crippen LogP contribution is 2.16. The number of hydrogen-bond acceptors (Lipinski definition) is 5. The van der Waals surface area contributed by atoms with E-state index in [4.69, 9.17) is 4.74 Å². The molecular formula is C22H25N3O4. The first-order valence-corrected chi connectivity index (χ1v) is 9.40. The van der Waals surface area contributed by atoms with Crippen LogP contribution in [-0.2, 0) is 14.3 Å². The van der Waals surface area contributed by atoms with Gasteiger partial charge in [0.2, 0.25) is 12.3 Å². The molecule has 0 unspecified atom stereocenters. The molecule has 0 bridgehead atoms. The van der Waals surface area contributed by atoms with Crippen LogP contribution in [0.3, 0.4) is 0 Å². The molecule has 2 N–H and O–H groups in total. The normalized spacial score (nSPS) is 13.4. The van der Waals surface area contributed by atoms with Gasteiger partial charge in [0, 0.05) is 30.1 Å². The molecule has 0 spiro atoms. The Morgan fingerprint density at radius 2 is 1.93 bits per heavy atom. The molecule has 29 heavy (non-hydrogen) atoms. The van der Waals surface area contributed by atoms with Crippen molar-refractivity contribution in [2.24, 2.45) is 5.92 Å². The maximum atomic E-state index is 12.2. The fraction of sp³-hybridized carbons (Fsp3) is 0.409. The van der Waals surface area contributed by atoms with E-state index in [-0.39, 0.29) is 18.4 Å². The summed E-state index contributed by atoms with van der Waals surface area (Å²) in [5.74, 6) is 11.2. The Balaban J connectivity index is 1.98. The smallest absolute Gasteiger partial charge is 0.339 e.